The molecular formula is C17H22N2. The van der Waals surface area contributed by atoms with Crippen molar-refractivity contribution in [3.63, 3.8) is 0 Å². The maximum atomic E-state index is 6.34. The molecule has 1 fully saturated rings. The minimum atomic E-state index is 0.105. The third kappa shape index (κ3) is 3.14. The second-order valence-electron chi connectivity index (χ2n) is 5.88. The summed E-state index contributed by atoms with van der Waals surface area (Å²) in [7, 11) is 2.18. The molecule has 2 heteroatoms. The molecule has 0 aliphatic heterocycles. The van der Waals surface area contributed by atoms with E-state index in [1.165, 1.54) is 35.7 Å². The molecule has 0 radical (unpaired) electrons. The van der Waals surface area contributed by atoms with Gasteiger partial charge in [0.1, 0.15) is 0 Å². The summed E-state index contributed by atoms with van der Waals surface area (Å²) in [5.74, 6) is 0.925. The van der Waals surface area contributed by atoms with Crippen molar-refractivity contribution in [2.24, 2.45) is 11.7 Å². The van der Waals surface area contributed by atoms with Gasteiger partial charge in [0.15, 0.2) is 0 Å². The van der Waals surface area contributed by atoms with Crippen LogP contribution in [0.4, 0.5) is 0 Å². The Hall–Kier alpha value is -1.38. The average molecular weight is 254 g/mol. The minimum Gasteiger partial charge on any atom is -0.323 e. The molecule has 0 bridgehead atoms. The molecule has 2 aromatic rings. The van der Waals surface area contributed by atoms with Gasteiger partial charge in [0.25, 0.3) is 0 Å². The van der Waals surface area contributed by atoms with Crippen LogP contribution in [-0.2, 0) is 0 Å². The Balaban J connectivity index is 1.71. The lowest BCUT2D eigenvalue weighted by molar-refractivity contribution is 0.300. The summed E-state index contributed by atoms with van der Waals surface area (Å²) in [4.78, 5) is 2.37. The summed E-state index contributed by atoms with van der Waals surface area (Å²) in [5, 5.41) is 2.56. The topological polar surface area (TPSA) is 29.3 Å². The van der Waals surface area contributed by atoms with Crippen LogP contribution in [0.1, 0.15) is 24.4 Å². The Bertz CT molecular complexity index is 560. The van der Waals surface area contributed by atoms with Crippen LogP contribution in [0.2, 0.25) is 0 Å². The van der Waals surface area contributed by atoms with Crippen LogP contribution in [-0.4, -0.2) is 25.0 Å². The fraction of sp³-hybridized carbons (Fsp3) is 0.412. The highest BCUT2D eigenvalue weighted by molar-refractivity contribution is 5.83. The highest BCUT2D eigenvalue weighted by Gasteiger charge is 2.23. The first-order valence-electron chi connectivity index (χ1n) is 7.15. The van der Waals surface area contributed by atoms with Crippen molar-refractivity contribution in [2.75, 3.05) is 20.1 Å². The fourth-order valence-corrected chi connectivity index (χ4v) is 2.70. The molecule has 0 aromatic heterocycles. The van der Waals surface area contributed by atoms with E-state index in [4.69, 9.17) is 5.73 Å². The molecule has 2 N–H and O–H groups in total. The molecule has 0 amide bonds. The third-order valence-electron chi connectivity index (χ3n) is 3.98. The minimum absolute atomic E-state index is 0.105. The van der Waals surface area contributed by atoms with E-state index in [-0.39, 0.29) is 6.04 Å². The van der Waals surface area contributed by atoms with Gasteiger partial charge in [-0.3, -0.25) is 0 Å². The smallest absolute Gasteiger partial charge is 0.0424 e. The summed E-state index contributed by atoms with van der Waals surface area (Å²) in [6.07, 6.45) is 2.80. The second kappa shape index (κ2) is 5.32. The van der Waals surface area contributed by atoms with Gasteiger partial charge in [0.2, 0.25) is 0 Å². The molecule has 3 rings (SSSR count). The van der Waals surface area contributed by atoms with Gasteiger partial charge in [0.05, 0.1) is 0 Å². The summed E-state index contributed by atoms with van der Waals surface area (Å²) in [6, 6.07) is 15.1. The number of nitrogens with zero attached hydrogens (tertiary/aromatic N) is 1. The molecule has 19 heavy (non-hydrogen) atoms. The first kappa shape index (κ1) is 12.6. The lowest BCUT2D eigenvalue weighted by Gasteiger charge is -2.21. The van der Waals surface area contributed by atoms with E-state index in [9.17, 15) is 0 Å². The van der Waals surface area contributed by atoms with Gasteiger partial charge in [-0.25, -0.2) is 0 Å². The summed E-state index contributed by atoms with van der Waals surface area (Å²) < 4.78 is 0. The number of hydrogen-bond donors (Lipinski definition) is 1. The van der Waals surface area contributed by atoms with E-state index < -0.39 is 0 Å². The molecule has 2 aromatic carbocycles. The van der Waals surface area contributed by atoms with E-state index in [0.29, 0.717) is 0 Å². The quantitative estimate of drug-likeness (QED) is 0.888. The van der Waals surface area contributed by atoms with Crippen LogP contribution in [0.3, 0.4) is 0 Å². The Labute approximate surface area is 115 Å². The van der Waals surface area contributed by atoms with Gasteiger partial charge < -0.3 is 10.6 Å². The van der Waals surface area contributed by atoms with Crippen molar-refractivity contribution in [1.29, 1.82) is 0 Å². The predicted octanol–water partition coefficient (Wildman–Crippen LogP) is 3.18. The zero-order valence-corrected chi connectivity index (χ0v) is 11.5. The van der Waals surface area contributed by atoms with Crippen molar-refractivity contribution < 1.29 is 0 Å². The fourth-order valence-electron chi connectivity index (χ4n) is 2.70. The Morgan fingerprint density at radius 3 is 2.63 bits per heavy atom. The van der Waals surface area contributed by atoms with Gasteiger partial charge in [0, 0.05) is 19.1 Å². The number of fused-ring (bicyclic) bond motifs is 1. The van der Waals surface area contributed by atoms with Gasteiger partial charge in [-0.1, -0.05) is 36.4 Å². The first-order chi connectivity index (χ1) is 9.22. The molecule has 1 atom stereocenters. The SMILES string of the molecule is CN(CC1CC1)CC(N)c1ccc2ccccc2c1. The average Bonchev–Trinajstić information content (AvgIpc) is 3.21. The van der Waals surface area contributed by atoms with E-state index in [1.807, 2.05) is 0 Å². The maximum absolute atomic E-state index is 6.34. The summed E-state index contributed by atoms with van der Waals surface area (Å²) in [5.41, 5.74) is 7.58. The number of hydrogen-bond acceptors (Lipinski definition) is 2. The summed E-state index contributed by atoms with van der Waals surface area (Å²) in [6.45, 7) is 2.14. The largest absolute Gasteiger partial charge is 0.323 e. The van der Waals surface area contributed by atoms with Crippen LogP contribution in [0.25, 0.3) is 10.8 Å². The Kier molecular flexibility index (Phi) is 3.54. The third-order valence-corrected chi connectivity index (χ3v) is 3.98. The van der Waals surface area contributed by atoms with E-state index in [1.54, 1.807) is 0 Å². The predicted molar refractivity (Wildman–Crippen MR) is 81.1 cm³/mol. The molecule has 0 heterocycles. The maximum Gasteiger partial charge on any atom is 0.0424 e. The molecule has 1 aliphatic rings. The van der Waals surface area contributed by atoms with Crippen LogP contribution in [0.5, 0.6) is 0 Å². The number of likely N-dealkylation sites (N-methyl/N-ethyl adjacent to an activating group) is 1. The van der Waals surface area contributed by atoms with Crippen molar-refractivity contribution in [1.82, 2.24) is 4.90 Å². The van der Waals surface area contributed by atoms with Crippen molar-refractivity contribution >= 4 is 10.8 Å². The molecule has 0 spiro atoms. The van der Waals surface area contributed by atoms with Crippen molar-refractivity contribution in [2.45, 2.75) is 18.9 Å². The molecule has 1 unspecified atom stereocenters. The van der Waals surface area contributed by atoms with Crippen molar-refractivity contribution in [3.8, 4) is 0 Å². The van der Waals surface area contributed by atoms with E-state index in [0.717, 1.165) is 12.5 Å². The zero-order valence-electron chi connectivity index (χ0n) is 11.5. The molecular weight excluding hydrogens is 232 g/mol. The lowest BCUT2D eigenvalue weighted by Crippen LogP contribution is -2.30. The molecule has 2 nitrogen and oxygen atoms in total. The van der Waals surface area contributed by atoms with Gasteiger partial charge in [-0.05, 0) is 48.2 Å². The van der Waals surface area contributed by atoms with Crippen LogP contribution in [0, 0.1) is 5.92 Å². The van der Waals surface area contributed by atoms with E-state index in [2.05, 4.69) is 54.4 Å². The first-order valence-corrected chi connectivity index (χ1v) is 7.15. The lowest BCUT2D eigenvalue weighted by atomic mass is 10.0. The molecule has 0 saturated heterocycles. The van der Waals surface area contributed by atoms with Gasteiger partial charge >= 0.3 is 0 Å². The summed E-state index contributed by atoms with van der Waals surface area (Å²) >= 11 is 0. The number of rotatable bonds is 5. The normalized spacial score (nSPS) is 17.0. The molecule has 1 aliphatic carbocycles. The zero-order chi connectivity index (χ0) is 13.2. The van der Waals surface area contributed by atoms with Gasteiger partial charge in [-0.2, -0.15) is 0 Å². The van der Waals surface area contributed by atoms with Gasteiger partial charge in [-0.15, -0.1) is 0 Å². The standard InChI is InChI=1S/C17H22N2/c1-19(11-13-6-7-13)12-17(18)16-9-8-14-4-2-3-5-15(14)10-16/h2-5,8-10,13,17H,6-7,11-12,18H2,1H3. The Morgan fingerprint density at radius 1 is 1.16 bits per heavy atom. The van der Waals surface area contributed by atoms with Crippen LogP contribution >= 0.6 is 0 Å². The molecule has 1 saturated carbocycles. The highest BCUT2D eigenvalue weighted by Crippen LogP contribution is 2.29. The molecule has 100 valence electrons. The van der Waals surface area contributed by atoms with Crippen LogP contribution < -0.4 is 5.73 Å². The number of nitrogens with two attached hydrogens (primary N) is 1. The number of benzene rings is 2. The highest BCUT2D eigenvalue weighted by atomic mass is 15.1. The van der Waals surface area contributed by atoms with Crippen molar-refractivity contribution in [3.05, 3.63) is 48.0 Å². The van der Waals surface area contributed by atoms with Crippen LogP contribution in [0.15, 0.2) is 42.5 Å². The Morgan fingerprint density at radius 2 is 1.89 bits per heavy atom. The monoisotopic (exact) mass is 254 g/mol. The second-order valence-corrected chi connectivity index (χ2v) is 5.88. The van der Waals surface area contributed by atoms with E-state index >= 15 is 0 Å².